The van der Waals surface area contributed by atoms with E-state index in [1.54, 1.807) is 0 Å². The van der Waals surface area contributed by atoms with Gasteiger partial charge in [-0.15, -0.1) is 0 Å². The molecule has 0 spiro atoms. The Kier molecular flexibility index (Phi) is 3.81. The van der Waals surface area contributed by atoms with Crippen molar-refractivity contribution in [2.75, 3.05) is 7.05 Å². The van der Waals surface area contributed by atoms with Crippen LogP contribution in [-0.2, 0) is 16.1 Å². The summed E-state index contributed by atoms with van der Waals surface area (Å²) in [6, 6.07) is 18.4. The maximum absolute atomic E-state index is 12.8. The SMILES string of the molecule is CN(C(=O)C1=NOC(c2ccccc2)C1)C1CCc2ccccc21. The Hall–Kier alpha value is -2.62. The fraction of sp³-hybridized carbons (Fsp3) is 0.300. The van der Waals surface area contributed by atoms with Gasteiger partial charge in [0.15, 0.2) is 6.10 Å². The van der Waals surface area contributed by atoms with Crippen LogP contribution >= 0.6 is 0 Å². The van der Waals surface area contributed by atoms with E-state index in [0.717, 1.165) is 18.4 Å². The molecule has 4 heteroatoms. The van der Waals surface area contributed by atoms with Gasteiger partial charge in [-0.1, -0.05) is 59.8 Å². The smallest absolute Gasteiger partial charge is 0.272 e. The molecule has 0 radical (unpaired) electrons. The van der Waals surface area contributed by atoms with Crippen molar-refractivity contribution >= 4 is 11.6 Å². The number of oxime groups is 1. The molecule has 24 heavy (non-hydrogen) atoms. The van der Waals surface area contributed by atoms with Gasteiger partial charge < -0.3 is 9.74 Å². The molecule has 2 aromatic carbocycles. The number of rotatable bonds is 3. The summed E-state index contributed by atoms with van der Waals surface area (Å²) in [5.41, 5.74) is 4.16. The molecular weight excluding hydrogens is 300 g/mol. The van der Waals surface area contributed by atoms with Crippen molar-refractivity contribution in [3.63, 3.8) is 0 Å². The second kappa shape index (κ2) is 6.11. The minimum Gasteiger partial charge on any atom is -0.387 e. The Balaban J connectivity index is 1.47. The van der Waals surface area contributed by atoms with Gasteiger partial charge in [0.25, 0.3) is 5.91 Å². The van der Waals surface area contributed by atoms with E-state index in [0.29, 0.717) is 12.1 Å². The number of benzene rings is 2. The van der Waals surface area contributed by atoms with Crippen LogP contribution in [0.25, 0.3) is 0 Å². The first-order valence-corrected chi connectivity index (χ1v) is 8.36. The second-order valence-corrected chi connectivity index (χ2v) is 6.42. The summed E-state index contributed by atoms with van der Waals surface area (Å²) in [5, 5.41) is 4.07. The van der Waals surface area contributed by atoms with E-state index in [9.17, 15) is 4.79 Å². The first-order valence-electron chi connectivity index (χ1n) is 8.36. The van der Waals surface area contributed by atoms with E-state index in [1.807, 2.05) is 48.3 Å². The van der Waals surface area contributed by atoms with Crippen molar-refractivity contribution in [1.29, 1.82) is 0 Å². The number of hydrogen-bond acceptors (Lipinski definition) is 3. The van der Waals surface area contributed by atoms with Crippen LogP contribution in [0.5, 0.6) is 0 Å². The molecule has 0 aromatic heterocycles. The zero-order valence-electron chi connectivity index (χ0n) is 13.7. The molecule has 1 heterocycles. The van der Waals surface area contributed by atoms with Crippen LogP contribution in [-0.4, -0.2) is 23.6 Å². The zero-order chi connectivity index (χ0) is 16.5. The number of aryl methyl sites for hydroxylation is 1. The molecular formula is C20H20N2O2. The highest BCUT2D eigenvalue weighted by Crippen LogP contribution is 2.36. The van der Waals surface area contributed by atoms with Crippen molar-refractivity contribution in [1.82, 2.24) is 4.90 Å². The first kappa shape index (κ1) is 14.9. The third-order valence-electron chi connectivity index (χ3n) is 4.98. The first-order chi connectivity index (χ1) is 11.7. The van der Waals surface area contributed by atoms with Crippen LogP contribution in [0.15, 0.2) is 59.8 Å². The molecule has 4 rings (SSSR count). The summed E-state index contributed by atoms with van der Waals surface area (Å²) in [5.74, 6) is -0.0323. The van der Waals surface area contributed by atoms with Gasteiger partial charge in [-0.2, -0.15) is 0 Å². The van der Waals surface area contributed by atoms with E-state index in [-0.39, 0.29) is 18.1 Å². The van der Waals surface area contributed by atoms with Gasteiger partial charge in [0.05, 0.1) is 6.04 Å². The lowest BCUT2D eigenvalue weighted by Gasteiger charge is -2.25. The van der Waals surface area contributed by atoms with Gasteiger partial charge in [0.2, 0.25) is 0 Å². The van der Waals surface area contributed by atoms with Crippen molar-refractivity contribution in [3.8, 4) is 0 Å². The zero-order valence-corrected chi connectivity index (χ0v) is 13.7. The number of nitrogens with zero attached hydrogens (tertiary/aromatic N) is 2. The monoisotopic (exact) mass is 320 g/mol. The van der Waals surface area contributed by atoms with Gasteiger partial charge in [0.1, 0.15) is 5.71 Å². The predicted octanol–water partition coefficient (Wildman–Crippen LogP) is 3.65. The number of carbonyl (C=O) groups is 1. The molecule has 2 unspecified atom stereocenters. The van der Waals surface area contributed by atoms with Crippen LogP contribution < -0.4 is 0 Å². The molecule has 1 amide bonds. The van der Waals surface area contributed by atoms with Crippen LogP contribution in [0.2, 0.25) is 0 Å². The Morgan fingerprint density at radius 3 is 2.71 bits per heavy atom. The Morgan fingerprint density at radius 1 is 1.12 bits per heavy atom. The third-order valence-corrected chi connectivity index (χ3v) is 4.98. The molecule has 2 aliphatic rings. The maximum Gasteiger partial charge on any atom is 0.272 e. The lowest BCUT2D eigenvalue weighted by molar-refractivity contribution is -0.125. The van der Waals surface area contributed by atoms with E-state index >= 15 is 0 Å². The van der Waals surface area contributed by atoms with Gasteiger partial charge in [0, 0.05) is 13.5 Å². The number of hydrogen-bond donors (Lipinski definition) is 0. The van der Waals surface area contributed by atoms with Crippen molar-refractivity contribution in [2.45, 2.75) is 31.4 Å². The topological polar surface area (TPSA) is 41.9 Å². The second-order valence-electron chi connectivity index (χ2n) is 6.42. The predicted molar refractivity (Wildman–Crippen MR) is 92.6 cm³/mol. The quantitative estimate of drug-likeness (QED) is 0.866. The Bertz CT molecular complexity index is 785. The summed E-state index contributed by atoms with van der Waals surface area (Å²) in [7, 11) is 1.87. The fourth-order valence-electron chi connectivity index (χ4n) is 3.63. The number of amides is 1. The highest BCUT2D eigenvalue weighted by atomic mass is 16.6. The summed E-state index contributed by atoms with van der Waals surface area (Å²) in [6.45, 7) is 0. The third kappa shape index (κ3) is 2.58. The van der Waals surface area contributed by atoms with Crippen LogP contribution in [0, 0.1) is 0 Å². The summed E-state index contributed by atoms with van der Waals surface area (Å²) in [4.78, 5) is 20.2. The van der Waals surface area contributed by atoms with Gasteiger partial charge in [-0.05, 0) is 29.5 Å². The fourth-order valence-corrected chi connectivity index (χ4v) is 3.63. The number of fused-ring (bicyclic) bond motifs is 1. The summed E-state index contributed by atoms with van der Waals surface area (Å²) < 4.78 is 0. The average molecular weight is 320 g/mol. The molecule has 2 atom stereocenters. The van der Waals surface area contributed by atoms with Crippen molar-refractivity contribution in [3.05, 3.63) is 71.3 Å². The molecule has 1 aliphatic heterocycles. The average Bonchev–Trinajstić information content (AvgIpc) is 3.28. The Morgan fingerprint density at radius 2 is 1.88 bits per heavy atom. The molecule has 0 saturated carbocycles. The Labute approximate surface area is 141 Å². The normalized spacial score (nSPS) is 21.8. The van der Waals surface area contributed by atoms with E-state index in [2.05, 4.69) is 23.4 Å². The highest BCUT2D eigenvalue weighted by molar-refractivity contribution is 6.39. The number of carbonyl (C=O) groups excluding carboxylic acids is 1. The molecule has 0 N–H and O–H groups in total. The molecule has 0 saturated heterocycles. The molecule has 122 valence electrons. The maximum atomic E-state index is 12.8. The highest BCUT2D eigenvalue weighted by Gasteiger charge is 2.34. The largest absolute Gasteiger partial charge is 0.387 e. The van der Waals surface area contributed by atoms with E-state index in [1.165, 1.54) is 11.1 Å². The van der Waals surface area contributed by atoms with Crippen LogP contribution in [0.1, 0.15) is 41.7 Å². The summed E-state index contributed by atoms with van der Waals surface area (Å²) >= 11 is 0. The lowest BCUT2D eigenvalue weighted by Crippen LogP contribution is -2.35. The molecule has 0 fully saturated rings. The van der Waals surface area contributed by atoms with Crippen molar-refractivity contribution < 1.29 is 9.63 Å². The lowest BCUT2D eigenvalue weighted by atomic mass is 10.0. The molecule has 2 aromatic rings. The van der Waals surface area contributed by atoms with E-state index < -0.39 is 0 Å². The van der Waals surface area contributed by atoms with Crippen molar-refractivity contribution in [2.24, 2.45) is 5.16 Å². The standard InChI is InChI=1S/C20H20N2O2/c1-22(18-12-11-14-7-5-6-10-16(14)18)20(23)17-13-19(24-21-17)15-8-3-2-4-9-15/h2-10,18-19H,11-13H2,1H3. The van der Waals surface area contributed by atoms with Gasteiger partial charge in [-0.3, -0.25) is 4.79 Å². The van der Waals surface area contributed by atoms with Crippen LogP contribution in [0.4, 0.5) is 0 Å². The minimum absolute atomic E-state index is 0.0323. The van der Waals surface area contributed by atoms with E-state index in [4.69, 9.17) is 4.84 Å². The minimum atomic E-state index is -0.158. The van der Waals surface area contributed by atoms with Gasteiger partial charge >= 0.3 is 0 Å². The molecule has 0 bridgehead atoms. The molecule has 4 nitrogen and oxygen atoms in total. The summed E-state index contributed by atoms with van der Waals surface area (Å²) in [6.07, 6.45) is 2.36. The van der Waals surface area contributed by atoms with Crippen LogP contribution in [0.3, 0.4) is 0 Å². The molecule has 1 aliphatic carbocycles. The van der Waals surface area contributed by atoms with Gasteiger partial charge in [-0.25, -0.2) is 0 Å².